The van der Waals surface area contributed by atoms with Gasteiger partial charge in [-0.2, -0.15) is 0 Å². The lowest BCUT2D eigenvalue weighted by Crippen LogP contribution is -2.97. The van der Waals surface area contributed by atoms with Gasteiger partial charge in [0, 0.05) is 0 Å². The first kappa shape index (κ1) is 17.8. The highest BCUT2D eigenvalue weighted by molar-refractivity contribution is 5.83. The van der Waals surface area contributed by atoms with Crippen molar-refractivity contribution in [3.05, 3.63) is 0 Å². The lowest BCUT2D eigenvalue weighted by atomic mass is 9.62. The molecule has 0 spiro atoms. The lowest BCUT2D eigenvalue weighted by molar-refractivity contribution is -1.50. The molecule has 0 aliphatic carbocycles. The van der Waals surface area contributed by atoms with Gasteiger partial charge >= 0.3 is 17.8 Å². The monoisotopic (exact) mass is 329 g/mol. The molecule has 130 valence electrons. The summed E-state index contributed by atoms with van der Waals surface area (Å²) in [5.74, 6) is 3.36. The van der Waals surface area contributed by atoms with Crippen LogP contribution in [0.1, 0.15) is 27.7 Å². The number of carbonyl (C=O) groups is 3. The molecule has 5 atom stereocenters. The minimum absolute atomic E-state index is 0.0700. The number of nitrogens with two attached hydrogens (primary N) is 1. The van der Waals surface area contributed by atoms with Crippen LogP contribution in [0.25, 0.3) is 0 Å². The van der Waals surface area contributed by atoms with E-state index in [1.54, 1.807) is 20.9 Å². The van der Waals surface area contributed by atoms with Crippen LogP contribution < -0.4 is 5.84 Å². The molecule has 0 aromatic carbocycles. The summed E-state index contributed by atoms with van der Waals surface area (Å²) in [4.78, 5) is 36.5. The Labute approximate surface area is 135 Å². The van der Waals surface area contributed by atoms with E-state index in [0.29, 0.717) is 6.54 Å². The normalized spacial score (nSPS) is 39.3. The van der Waals surface area contributed by atoms with E-state index in [0.717, 1.165) is 0 Å². The third-order valence-corrected chi connectivity index (χ3v) is 6.00. The third kappa shape index (κ3) is 2.12. The standard InChI is InChI=1S/C15H26N3O5/c1-6-23-14(22)9(2)12-10-7-18(16,15(10,3)4)17(5,13(12)21)8-11(19)20/h9-10,12H,6-8,16H2,1-5H3/q+1/p+1. The predicted octanol–water partition coefficient (Wildman–Crippen LogP) is -0.113. The maximum Gasteiger partial charge on any atom is 0.367 e. The van der Waals surface area contributed by atoms with Crippen molar-refractivity contribution < 1.29 is 33.5 Å². The Bertz CT molecular complexity index is 563. The second-order valence-electron chi connectivity index (χ2n) is 7.37. The van der Waals surface area contributed by atoms with E-state index < -0.39 is 40.5 Å². The zero-order chi connectivity index (χ0) is 17.8. The number of aliphatic carboxylic acids is 1. The number of esters is 1. The Morgan fingerprint density at radius 1 is 1.48 bits per heavy atom. The van der Waals surface area contributed by atoms with Gasteiger partial charge in [-0.25, -0.2) is 9.59 Å². The molecule has 2 bridgehead atoms. The maximum absolute atomic E-state index is 13.1. The molecule has 3 N–H and O–H groups in total. The van der Waals surface area contributed by atoms with Gasteiger partial charge in [0.25, 0.3) is 0 Å². The van der Waals surface area contributed by atoms with Crippen LogP contribution in [0.15, 0.2) is 0 Å². The van der Waals surface area contributed by atoms with E-state index in [2.05, 4.69) is 0 Å². The molecule has 3 rings (SSSR count). The fourth-order valence-corrected chi connectivity index (χ4v) is 4.35. The number of likely N-dealkylation sites (N-methyl/N-ethyl adjacent to an activating group) is 1. The van der Waals surface area contributed by atoms with Crippen LogP contribution in [0, 0.1) is 17.8 Å². The number of nitrogens with zero attached hydrogens (tertiary/aromatic N) is 2. The van der Waals surface area contributed by atoms with Crippen molar-refractivity contribution in [2.75, 3.05) is 26.7 Å². The molecule has 3 fully saturated rings. The van der Waals surface area contributed by atoms with Crippen molar-refractivity contribution in [2.45, 2.75) is 33.2 Å². The van der Waals surface area contributed by atoms with E-state index in [4.69, 9.17) is 10.6 Å². The number of carbonyl (C=O) groups excluding carboxylic acids is 2. The zero-order valence-corrected chi connectivity index (χ0v) is 14.4. The fraction of sp³-hybridized carbons (Fsp3) is 0.800. The summed E-state index contributed by atoms with van der Waals surface area (Å²) in [6, 6.07) is 0. The number of hydrogen-bond donors (Lipinski definition) is 2. The average molecular weight is 329 g/mol. The highest BCUT2D eigenvalue weighted by Gasteiger charge is 2.81. The molecule has 0 aromatic rings. The van der Waals surface area contributed by atoms with Crippen LogP contribution in [0.3, 0.4) is 0 Å². The van der Waals surface area contributed by atoms with Crippen molar-refractivity contribution in [1.82, 2.24) is 0 Å². The van der Waals surface area contributed by atoms with Gasteiger partial charge in [0.15, 0.2) is 12.1 Å². The number of hydrogen-bond acceptors (Lipinski definition) is 5. The van der Waals surface area contributed by atoms with Gasteiger partial charge in [-0.05, 0) is 20.8 Å². The van der Waals surface area contributed by atoms with Crippen LogP contribution in [0.5, 0.6) is 0 Å². The summed E-state index contributed by atoms with van der Waals surface area (Å²) in [6.07, 6.45) is 0. The van der Waals surface area contributed by atoms with Crippen molar-refractivity contribution in [3.63, 3.8) is 0 Å². The molecule has 3 saturated heterocycles. The lowest BCUT2D eigenvalue weighted by Gasteiger charge is -2.68. The quantitative estimate of drug-likeness (QED) is 0.414. The van der Waals surface area contributed by atoms with E-state index in [1.165, 1.54) is 0 Å². The summed E-state index contributed by atoms with van der Waals surface area (Å²) >= 11 is 0. The molecule has 8 nitrogen and oxygen atoms in total. The fourth-order valence-electron chi connectivity index (χ4n) is 4.35. The Morgan fingerprint density at radius 2 is 2.04 bits per heavy atom. The summed E-state index contributed by atoms with van der Waals surface area (Å²) in [7, 11) is 1.55. The predicted molar refractivity (Wildman–Crippen MR) is 79.9 cm³/mol. The Balaban J connectivity index is 2.45. The average Bonchev–Trinajstić information content (AvgIpc) is 2.43. The van der Waals surface area contributed by atoms with E-state index in [9.17, 15) is 19.5 Å². The van der Waals surface area contributed by atoms with Gasteiger partial charge in [-0.1, -0.05) is 16.2 Å². The van der Waals surface area contributed by atoms with Gasteiger partial charge in [0.05, 0.1) is 18.4 Å². The third-order valence-electron chi connectivity index (χ3n) is 6.00. The van der Waals surface area contributed by atoms with Gasteiger partial charge in [0.2, 0.25) is 6.54 Å². The van der Waals surface area contributed by atoms with Gasteiger partial charge in [0.1, 0.15) is 13.0 Å². The maximum atomic E-state index is 13.1. The number of fused-ring (bicyclic) bond motifs is 2. The molecule has 0 radical (unpaired) electrons. The zero-order valence-electron chi connectivity index (χ0n) is 14.4. The molecular formula is C15H27N3O5+2. The highest BCUT2D eigenvalue weighted by Crippen LogP contribution is 2.55. The summed E-state index contributed by atoms with van der Waals surface area (Å²) < 4.78 is 4.48. The molecule has 5 unspecified atom stereocenters. The molecule has 8 heteroatoms. The largest absolute Gasteiger partial charge is 0.477 e. The minimum atomic E-state index is -1.09. The number of amides is 1. The second kappa shape index (κ2) is 5.25. The van der Waals surface area contributed by atoms with Gasteiger partial charge in [-0.3, -0.25) is 4.79 Å². The van der Waals surface area contributed by atoms with E-state index in [1.807, 2.05) is 13.8 Å². The molecule has 3 heterocycles. The molecule has 23 heavy (non-hydrogen) atoms. The number of carboxylic acid groups (broad SMARTS) is 1. The summed E-state index contributed by atoms with van der Waals surface area (Å²) in [5.41, 5.74) is -0.496. The summed E-state index contributed by atoms with van der Waals surface area (Å²) in [5, 5.41) is 9.26. The van der Waals surface area contributed by atoms with Crippen LogP contribution >= 0.6 is 0 Å². The molecular weight excluding hydrogens is 302 g/mol. The number of ether oxygens (including phenoxy) is 1. The first-order valence-corrected chi connectivity index (χ1v) is 7.89. The number of rotatable bonds is 5. The van der Waals surface area contributed by atoms with Crippen molar-refractivity contribution in [1.29, 1.82) is 0 Å². The van der Waals surface area contributed by atoms with Crippen LogP contribution in [0.4, 0.5) is 0 Å². The topological polar surface area (TPSA) is 107 Å². The van der Waals surface area contributed by atoms with Crippen molar-refractivity contribution in [3.8, 4) is 0 Å². The molecule has 0 aromatic heterocycles. The Kier molecular flexibility index (Phi) is 4.07. The minimum Gasteiger partial charge on any atom is -0.477 e. The number of carboxylic acids is 1. The Morgan fingerprint density at radius 3 is 2.48 bits per heavy atom. The summed E-state index contributed by atoms with van der Waals surface area (Å²) in [6.45, 7) is 7.56. The van der Waals surface area contributed by atoms with E-state index >= 15 is 0 Å². The van der Waals surface area contributed by atoms with Crippen molar-refractivity contribution in [2.24, 2.45) is 23.6 Å². The first-order chi connectivity index (χ1) is 10.4. The van der Waals surface area contributed by atoms with Crippen molar-refractivity contribution >= 4 is 17.8 Å². The Hall–Kier alpha value is -1.51. The number of quaternary nitrogens is 2. The second-order valence-corrected chi connectivity index (χ2v) is 7.37. The molecule has 3 aliphatic rings. The molecule has 0 saturated carbocycles. The highest BCUT2D eigenvalue weighted by atomic mass is 16.5. The smallest absolute Gasteiger partial charge is 0.367 e. The van der Waals surface area contributed by atoms with Gasteiger partial charge < -0.3 is 9.84 Å². The molecule has 1 amide bonds. The van der Waals surface area contributed by atoms with Crippen LogP contribution in [0.2, 0.25) is 0 Å². The SMILES string of the molecule is CCOC(=O)C(C)C1C(=O)[N+](C)(CC(=O)O)[N+]2(N)CC1C2(C)C. The van der Waals surface area contributed by atoms with Gasteiger partial charge in [-0.15, -0.1) is 5.84 Å². The van der Waals surface area contributed by atoms with E-state index in [-0.39, 0.29) is 23.1 Å². The molecule has 3 aliphatic heterocycles. The first-order valence-electron chi connectivity index (χ1n) is 7.89. The van der Waals surface area contributed by atoms with Crippen LogP contribution in [-0.2, 0) is 19.1 Å². The van der Waals surface area contributed by atoms with Crippen LogP contribution in [-0.4, -0.2) is 64.5 Å².